The molecule has 0 fully saturated rings. The number of nitro benzene ring substituents is 1. The van der Waals surface area contributed by atoms with E-state index in [1.54, 1.807) is 13.0 Å². The zero-order chi connectivity index (χ0) is 14.5. The SMILES string of the molecule is COc1ccc(OCCC(C)(N)C#N)c([N+](=O)[O-])c1. The van der Waals surface area contributed by atoms with Gasteiger partial charge in [-0.3, -0.25) is 10.1 Å². The highest BCUT2D eigenvalue weighted by molar-refractivity contribution is 5.50. The minimum atomic E-state index is -1.01. The second-order valence-electron chi connectivity index (χ2n) is 4.22. The third-order valence-corrected chi connectivity index (χ3v) is 2.50. The van der Waals surface area contributed by atoms with E-state index in [-0.39, 0.29) is 24.5 Å². The molecule has 1 aromatic rings. The van der Waals surface area contributed by atoms with Gasteiger partial charge in [0.05, 0.1) is 30.8 Å². The third-order valence-electron chi connectivity index (χ3n) is 2.50. The topological polar surface area (TPSA) is 111 Å². The van der Waals surface area contributed by atoms with Crippen LogP contribution in [0.1, 0.15) is 13.3 Å². The molecular weight excluding hydrogens is 250 g/mol. The molecule has 1 atom stereocenters. The summed E-state index contributed by atoms with van der Waals surface area (Å²) in [5.41, 5.74) is 4.43. The molecule has 0 aromatic heterocycles. The van der Waals surface area contributed by atoms with Crippen molar-refractivity contribution in [3.05, 3.63) is 28.3 Å². The maximum Gasteiger partial charge on any atom is 0.314 e. The van der Waals surface area contributed by atoms with Gasteiger partial charge in [-0.15, -0.1) is 0 Å². The fourth-order valence-electron chi connectivity index (χ4n) is 1.32. The molecule has 7 heteroatoms. The van der Waals surface area contributed by atoms with Crippen molar-refractivity contribution in [2.24, 2.45) is 5.73 Å². The van der Waals surface area contributed by atoms with Gasteiger partial charge in [-0.25, -0.2) is 0 Å². The number of nitriles is 1. The van der Waals surface area contributed by atoms with Crippen molar-refractivity contribution >= 4 is 5.69 Å². The van der Waals surface area contributed by atoms with Crippen LogP contribution in [0.15, 0.2) is 18.2 Å². The summed E-state index contributed by atoms with van der Waals surface area (Å²) in [5, 5.41) is 19.6. The Morgan fingerprint density at radius 1 is 1.58 bits per heavy atom. The van der Waals surface area contributed by atoms with E-state index in [1.807, 2.05) is 6.07 Å². The van der Waals surface area contributed by atoms with Gasteiger partial charge < -0.3 is 15.2 Å². The molecule has 1 rings (SSSR count). The first-order valence-corrected chi connectivity index (χ1v) is 5.55. The molecule has 0 radical (unpaired) electrons. The number of hydrogen-bond acceptors (Lipinski definition) is 6. The molecule has 102 valence electrons. The van der Waals surface area contributed by atoms with E-state index in [9.17, 15) is 10.1 Å². The Labute approximate surface area is 110 Å². The highest BCUT2D eigenvalue weighted by Crippen LogP contribution is 2.31. The highest BCUT2D eigenvalue weighted by atomic mass is 16.6. The Kier molecular flexibility index (Phi) is 4.67. The van der Waals surface area contributed by atoms with Crippen LogP contribution in [0.3, 0.4) is 0 Å². The standard InChI is InChI=1S/C12H15N3O4/c1-12(14,8-13)5-6-19-11-4-3-9(18-2)7-10(11)15(16)17/h3-4,7H,5-6,14H2,1-2H3. The molecule has 0 bridgehead atoms. The number of rotatable bonds is 6. The van der Waals surface area contributed by atoms with Crippen molar-refractivity contribution in [3.63, 3.8) is 0 Å². The molecule has 0 aliphatic carbocycles. The Morgan fingerprint density at radius 2 is 2.26 bits per heavy atom. The smallest absolute Gasteiger partial charge is 0.314 e. The number of methoxy groups -OCH3 is 1. The molecule has 0 spiro atoms. The zero-order valence-corrected chi connectivity index (χ0v) is 10.8. The molecule has 1 unspecified atom stereocenters. The lowest BCUT2D eigenvalue weighted by Gasteiger charge is -2.15. The quantitative estimate of drug-likeness (QED) is 0.617. The second kappa shape index (κ2) is 6.02. The lowest BCUT2D eigenvalue weighted by Crippen LogP contribution is -2.35. The fraction of sp³-hybridized carbons (Fsp3) is 0.417. The molecule has 0 aliphatic rings. The monoisotopic (exact) mass is 265 g/mol. The molecule has 0 saturated heterocycles. The van der Waals surface area contributed by atoms with Gasteiger partial charge in [0, 0.05) is 6.42 Å². The summed E-state index contributed by atoms with van der Waals surface area (Å²) >= 11 is 0. The average Bonchev–Trinajstić information content (AvgIpc) is 2.38. The summed E-state index contributed by atoms with van der Waals surface area (Å²) in [5.74, 6) is 0.499. The number of benzene rings is 1. The van der Waals surface area contributed by atoms with Crippen molar-refractivity contribution in [2.45, 2.75) is 18.9 Å². The predicted molar refractivity (Wildman–Crippen MR) is 68.0 cm³/mol. The summed E-state index contributed by atoms with van der Waals surface area (Å²) in [6.45, 7) is 1.69. The summed E-state index contributed by atoms with van der Waals surface area (Å²) < 4.78 is 10.2. The number of nitrogens with zero attached hydrogens (tertiary/aromatic N) is 2. The van der Waals surface area contributed by atoms with E-state index in [0.29, 0.717) is 5.75 Å². The van der Waals surface area contributed by atoms with Crippen LogP contribution < -0.4 is 15.2 Å². The van der Waals surface area contributed by atoms with Gasteiger partial charge in [0.1, 0.15) is 11.3 Å². The first kappa shape index (κ1) is 14.7. The predicted octanol–water partition coefficient (Wildman–Crippen LogP) is 1.61. The van der Waals surface area contributed by atoms with E-state index < -0.39 is 10.5 Å². The van der Waals surface area contributed by atoms with Crippen LogP contribution in [0.4, 0.5) is 5.69 Å². The van der Waals surface area contributed by atoms with Crippen molar-refractivity contribution in [2.75, 3.05) is 13.7 Å². The van der Waals surface area contributed by atoms with Crippen LogP contribution in [0.2, 0.25) is 0 Å². The van der Waals surface area contributed by atoms with Crippen LogP contribution in [-0.2, 0) is 0 Å². The Morgan fingerprint density at radius 3 is 2.79 bits per heavy atom. The van der Waals surface area contributed by atoms with Crippen LogP contribution in [-0.4, -0.2) is 24.2 Å². The third kappa shape index (κ3) is 4.12. The van der Waals surface area contributed by atoms with Crippen molar-refractivity contribution < 1.29 is 14.4 Å². The molecular formula is C12H15N3O4. The molecule has 2 N–H and O–H groups in total. The largest absolute Gasteiger partial charge is 0.496 e. The highest BCUT2D eigenvalue weighted by Gasteiger charge is 2.20. The lowest BCUT2D eigenvalue weighted by atomic mass is 10.0. The second-order valence-corrected chi connectivity index (χ2v) is 4.22. The van der Waals surface area contributed by atoms with E-state index in [0.717, 1.165) is 0 Å². The number of hydrogen-bond donors (Lipinski definition) is 1. The molecule has 1 aromatic carbocycles. The Balaban J connectivity index is 2.79. The van der Waals surface area contributed by atoms with Crippen LogP contribution >= 0.6 is 0 Å². The normalized spacial score (nSPS) is 13.2. The van der Waals surface area contributed by atoms with Gasteiger partial charge in [-0.05, 0) is 19.1 Å². The minimum Gasteiger partial charge on any atom is -0.496 e. The molecule has 0 saturated carbocycles. The summed E-state index contributed by atoms with van der Waals surface area (Å²) in [6, 6.07) is 6.23. The van der Waals surface area contributed by atoms with Gasteiger partial charge in [-0.1, -0.05) is 0 Å². The van der Waals surface area contributed by atoms with E-state index in [1.165, 1.54) is 19.2 Å². The first-order chi connectivity index (χ1) is 8.89. The van der Waals surface area contributed by atoms with E-state index >= 15 is 0 Å². The van der Waals surface area contributed by atoms with Gasteiger partial charge in [-0.2, -0.15) is 5.26 Å². The maximum absolute atomic E-state index is 10.9. The fourth-order valence-corrected chi connectivity index (χ4v) is 1.32. The number of nitro groups is 1. The van der Waals surface area contributed by atoms with Gasteiger partial charge in [0.15, 0.2) is 5.75 Å². The first-order valence-electron chi connectivity index (χ1n) is 5.55. The van der Waals surface area contributed by atoms with Crippen LogP contribution in [0.25, 0.3) is 0 Å². The van der Waals surface area contributed by atoms with Gasteiger partial charge in [0.2, 0.25) is 0 Å². The van der Waals surface area contributed by atoms with Gasteiger partial charge in [0.25, 0.3) is 0 Å². The molecule has 0 aliphatic heterocycles. The number of nitrogens with two attached hydrogens (primary N) is 1. The lowest BCUT2D eigenvalue weighted by molar-refractivity contribution is -0.385. The number of ether oxygens (including phenoxy) is 2. The molecule has 7 nitrogen and oxygen atoms in total. The summed E-state index contributed by atoms with van der Waals surface area (Å²) in [4.78, 5) is 10.3. The van der Waals surface area contributed by atoms with Gasteiger partial charge >= 0.3 is 5.69 Å². The summed E-state index contributed by atoms with van der Waals surface area (Å²) in [6.07, 6.45) is 0.271. The molecule has 0 heterocycles. The van der Waals surface area contributed by atoms with E-state index in [4.69, 9.17) is 20.5 Å². The zero-order valence-electron chi connectivity index (χ0n) is 10.8. The van der Waals surface area contributed by atoms with Crippen LogP contribution in [0, 0.1) is 21.4 Å². The Hall–Kier alpha value is -2.33. The Bertz CT molecular complexity index is 508. The van der Waals surface area contributed by atoms with Crippen molar-refractivity contribution in [3.8, 4) is 17.6 Å². The summed E-state index contributed by atoms with van der Waals surface area (Å²) in [7, 11) is 1.42. The molecule has 19 heavy (non-hydrogen) atoms. The van der Waals surface area contributed by atoms with Crippen molar-refractivity contribution in [1.82, 2.24) is 0 Å². The van der Waals surface area contributed by atoms with Crippen molar-refractivity contribution in [1.29, 1.82) is 5.26 Å². The minimum absolute atomic E-state index is 0.119. The van der Waals surface area contributed by atoms with Crippen LogP contribution in [0.5, 0.6) is 11.5 Å². The average molecular weight is 265 g/mol. The van der Waals surface area contributed by atoms with E-state index in [2.05, 4.69) is 0 Å². The molecule has 0 amide bonds. The maximum atomic E-state index is 10.9.